The zero-order valence-electron chi connectivity index (χ0n) is 18.3. The van der Waals surface area contributed by atoms with E-state index in [1.54, 1.807) is 0 Å². The standard InChI is InChI=1S/C26H26N5S/c1-32(2)24-7-3-6-22(15-24)25-17-29-31-18-23(16-28-26(25)31)21-10-8-20(9-11-21)5-4-13-30-14-12-27-19-30/h3,6-12,14-19H,4-5,13H2,1-2H3/q+1. The van der Waals surface area contributed by atoms with Gasteiger partial charge in [-0.25, -0.2) is 14.5 Å². The topological polar surface area (TPSA) is 48.0 Å². The third kappa shape index (κ3) is 4.32. The molecule has 0 radical (unpaired) electrons. The molecule has 3 aromatic heterocycles. The fourth-order valence-corrected chi connectivity index (χ4v) is 4.61. The van der Waals surface area contributed by atoms with Crippen LogP contribution in [0.1, 0.15) is 12.0 Å². The predicted molar refractivity (Wildman–Crippen MR) is 132 cm³/mol. The summed E-state index contributed by atoms with van der Waals surface area (Å²) in [5.74, 6) is 0. The molecule has 6 heteroatoms. The van der Waals surface area contributed by atoms with Crippen molar-refractivity contribution in [3.05, 3.63) is 91.4 Å². The second-order valence-electron chi connectivity index (χ2n) is 8.11. The Morgan fingerprint density at radius 1 is 0.938 bits per heavy atom. The van der Waals surface area contributed by atoms with Crippen LogP contribution in [-0.4, -0.2) is 36.7 Å². The number of fused-ring (bicyclic) bond motifs is 1. The van der Waals surface area contributed by atoms with Crippen molar-refractivity contribution in [2.75, 3.05) is 12.5 Å². The van der Waals surface area contributed by atoms with Crippen molar-refractivity contribution in [2.24, 2.45) is 0 Å². The van der Waals surface area contributed by atoms with E-state index in [0.29, 0.717) is 0 Å². The molecule has 0 amide bonds. The first-order chi connectivity index (χ1) is 15.7. The zero-order valence-corrected chi connectivity index (χ0v) is 19.2. The summed E-state index contributed by atoms with van der Waals surface area (Å²) in [5, 5.41) is 4.59. The van der Waals surface area contributed by atoms with Crippen LogP contribution in [-0.2, 0) is 23.9 Å². The van der Waals surface area contributed by atoms with E-state index in [2.05, 4.69) is 81.9 Å². The molecular weight excluding hydrogens is 414 g/mol. The van der Waals surface area contributed by atoms with Crippen molar-refractivity contribution in [2.45, 2.75) is 24.3 Å². The van der Waals surface area contributed by atoms with Gasteiger partial charge in [-0.1, -0.05) is 36.4 Å². The van der Waals surface area contributed by atoms with Gasteiger partial charge in [0.1, 0.15) is 12.5 Å². The summed E-state index contributed by atoms with van der Waals surface area (Å²) in [7, 11) is 0.223. The maximum absolute atomic E-state index is 4.76. The van der Waals surface area contributed by atoms with Crippen LogP contribution in [0.3, 0.4) is 0 Å². The monoisotopic (exact) mass is 440 g/mol. The Morgan fingerprint density at radius 2 is 1.81 bits per heavy atom. The van der Waals surface area contributed by atoms with Crippen LogP contribution in [0.4, 0.5) is 0 Å². The molecule has 0 spiro atoms. The summed E-state index contributed by atoms with van der Waals surface area (Å²) in [5.41, 5.74) is 6.67. The Morgan fingerprint density at radius 3 is 2.59 bits per heavy atom. The second-order valence-corrected chi connectivity index (χ2v) is 10.2. The molecule has 160 valence electrons. The Hall–Kier alpha value is -3.38. The fraction of sp³-hybridized carbons (Fsp3) is 0.192. The third-order valence-electron chi connectivity index (χ3n) is 5.70. The lowest BCUT2D eigenvalue weighted by molar-refractivity contribution is 0.642. The quantitative estimate of drug-likeness (QED) is 0.330. The van der Waals surface area contributed by atoms with E-state index in [9.17, 15) is 0 Å². The number of aromatic nitrogens is 5. The van der Waals surface area contributed by atoms with E-state index >= 15 is 0 Å². The Bertz CT molecular complexity index is 1320. The van der Waals surface area contributed by atoms with Crippen LogP contribution in [0.25, 0.3) is 27.9 Å². The average Bonchev–Trinajstić information content (AvgIpc) is 3.49. The number of rotatable bonds is 7. The van der Waals surface area contributed by atoms with E-state index in [-0.39, 0.29) is 10.9 Å². The normalized spacial score (nSPS) is 11.5. The number of aryl methyl sites for hydroxylation is 2. The number of imidazole rings is 1. The van der Waals surface area contributed by atoms with Gasteiger partial charge in [0, 0.05) is 59.4 Å². The molecule has 5 rings (SSSR count). The lowest BCUT2D eigenvalue weighted by atomic mass is 10.0. The minimum atomic E-state index is 0.223. The molecule has 0 atom stereocenters. The van der Waals surface area contributed by atoms with Crippen molar-refractivity contribution in [3.63, 3.8) is 0 Å². The molecule has 0 fully saturated rings. The highest BCUT2D eigenvalue weighted by Crippen LogP contribution is 2.27. The molecule has 0 aliphatic heterocycles. The van der Waals surface area contributed by atoms with E-state index < -0.39 is 0 Å². The van der Waals surface area contributed by atoms with Gasteiger partial charge < -0.3 is 4.57 Å². The lowest BCUT2D eigenvalue weighted by Gasteiger charge is -2.06. The van der Waals surface area contributed by atoms with Gasteiger partial charge in [-0.2, -0.15) is 5.10 Å². The molecule has 0 saturated carbocycles. The lowest BCUT2D eigenvalue weighted by Crippen LogP contribution is -1.97. The molecule has 0 aliphatic rings. The third-order valence-corrected chi connectivity index (χ3v) is 6.90. The molecule has 32 heavy (non-hydrogen) atoms. The van der Waals surface area contributed by atoms with Gasteiger partial charge in [-0.15, -0.1) is 0 Å². The summed E-state index contributed by atoms with van der Waals surface area (Å²) in [6.45, 7) is 0.991. The molecule has 3 heterocycles. The van der Waals surface area contributed by atoms with Crippen molar-refractivity contribution in [3.8, 4) is 22.3 Å². The number of benzene rings is 2. The molecule has 2 aromatic carbocycles. The summed E-state index contributed by atoms with van der Waals surface area (Å²) >= 11 is 0. The number of hydrogen-bond acceptors (Lipinski definition) is 3. The van der Waals surface area contributed by atoms with Crippen molar-refractivity contribution in [1.82, 2.24) is 24.1 Å². The van der Waals surface area contributed by atoms with Crippen LogP contribution in [0, 0.1) is 0 Å². The van der Waals surface area contributed by atoms with Crippen LogP contribution in [0.2, 0.25) is 0 Å². The average molecular weight is 441 g/mol. The summed E-state index contributed by atoms with van der Waals surface area (Å²) in [6, 6.07) is 17.5. The van der Waals surface area contributed by atoms with Crippen LogP contribution in [0.5, 0.6) is 0 Å². The van der Waals surface area contributed by atoms with E-state index in [0.717, 1.165) is 41.7 Å². The van der Waals surface area contributed by atoms with Gasteiger partial charge in [0.05, 0.1) is 12.5 Å². The molecule has 0 bridgehead atoms. The minimum Gasteiger partial charge on any atom is -0.337 e. The highest BCUT2D eigenvalue weighted by atomic mass is 32.2. The van der Waals surface area contributed by atoms with Crippen molar-refractivity contribution in [1.29, 1.82) is 0 Å². The van der Waals surface area contributed by atoms with Crippen LogP contribution >= 0.6 is 0 Å². The second kappa shape index (κ2) is 9.01. The maximum atomic E-state index is 4.76. The van der Waals surface area contributed by atoms with E-state index in [1.165, 1.54) is 16.0 Å². The number of hydrogen-bond donors (Lipinski definition) is 0. The van der Waals surface area contributed by atoms with Crippen LogP contribution < -0.4 is 0 Å². The Labute approximate surface area is 191 Å². The molecule has 5 aromatic rings. The first kappa shape index (κ1) is 20.5. The Balaban J connectivity index is 1.33. The van der Waals surface area contributed by atoms with Crippen molar-refractivity contribution < 1.29 is 0 Å². The van der Waals surface area contributed by atoms with Gasteiger partial charge in [0.2, 0.25) is 0 Å². The SMILES string of the molecule is C[S+](C)c1cccc(-c2cnn3cc(-c4ccc(CCCn5ccnc5)cc4)cnc23)c1. The molecule has 0 N–H and O–H groups in total. The summed E-state index contributed by atoms with van der Waals surface area (Å²) in [4.78, 5) is 10.2. The zero-order chi connectivity index (χ0) is 21.9. The van der Waals surface area contributed by atoms with Gasteiger partial charge in [-0.3, -0.25) is 0 Å². The summed E-state index contributed by atoms with van der Waals surface area (Å²) in [6.07, 6.45) is 18.3. The highest BCUT2D eigenvalue weighted by Gasteiger charge is 2.13. The molecule has 0 saturated heterocycles. The van der Waals surface area contributed by atoms with E-state index in [1.807, 2.05) is 35.6 Å². The maximum Gasteiger partial charge on any atom is 0.162 e. The number of nitrogens with zero attached hydrogens (tertiary/aromatic N) is 5. The summed E-state index contributed by atoms with van der Waals surface area (Å²) < 4.78 is 4.00. The van der Waals surface area contributed by atoms with Gasteiger partial charge in [0.15, 0.2) is 10.5 Å². The molecule has 5 nitrogen and oxygen atoms in total. The molecular formula is C26H26N5S+. The van der Waals surface area contributed by atoms with Crippen molar-refractivity contribution >= 4 is 16.5 Å². The predicted octanol–water partition coefficient (Wildman–Crippen LogP) is 5.13. The van der Waals surface area contributed by atoms with Crippen LogP contribution in [0.15, 0.2) is 90.7 Å². The van der Waals surface area contributed by atoms with E-state index in [4.69, 9.17) is 4.98 Å². The fourth-order valence-electron chi connectivity index (χ4n) is 3.89. The first-order valence-corrected chi connectivity index (χ1v) is 12.8. The molecule has 0 aliphatic carbocycles. The Kier molecular flexibility index (Phi) is 5.77. The smallest absolute Gasteiger partial charge is 0.162 e. The minimum absolute atomic E-state index is 0.223. The largest absolute Gasteiger partial charge is 0.337 e. The molecule has 0 unspecified atom stereocenters. The van der Waals surface area contributed by atoms with Gasteiger partial charge in [0.25, 0.3) is 0 Å². The van der Waals surface area contributed by atoms with Gasteiger partial charge in [-0.05, 0) is 35.6 Å². The first-order valence-electron chi connectivity index (χ1n) is 10.7. The van der Waals surface area contributed by atoms with Gasteiger partial charge >= 0.3 is 0 Å². The highest BCUT2D eigenvalue weighted by molar-refractivity contribution is 7.95.